The molecule has 0 aromatic heterocycles. The molecule has 118 valence electrons. The summed E-state index contributed by atoms with van der Waals surface area (Å²) in [6.07, 6.45) is 3.46. The van der Waals surface area contributed by atoms with Crippen molar-refractivity contribution >= 4 is 23.2 Å². The first kappa shape index (κ1) is 14.9. The second-order valence-electron chi connectivity index (χ2n) is 6.20. The fraction of sp³-hybridized carbons (Fsp3) is 0.529. The fourth-order valence-electron chi connectivity index (χ4n) is 2.96. The van der Waals surface area contributed by atoms with E-state index < -0.39 is 0 Å². The Morgan fingerprint density at radius 2 is 2.14 bits per heavy atom. The van der Waals surface area contributed by atoms with Crippen molar-refractivity contribution in [3.63, 3.8) is 0 Å². The third-order valence-electron chi connectivity index (χ3n) is 4.51. The van der Waals surface area contributed by atoms with Crippen LogP contribution in [0.5, 0.6) is 5.75 Å². The maximum atomic E-state index is 12.1. The summed E-state index contributed by atoms with van der Waals surface area (Å²) in [7, 11) is 1.59. The highest BCUT2D eigenvalue weighted by Gasteiger charge is 2.39. The predicted octanol–water partition coefficient (Wildman–Crippen LogP) is 2.81. The van der Waals surface area contributed by atoms with Gasteiger partial charge in [-0.2, -0.15) is 0 Å². The van der Waals surface area contributed by atoms with Gasteiger partial charge in [-0.1, -0.05) is 6.92 Å². The van der Waals surface area contributed by atoms with E-state index in [9.17, 15) is 9.59 Å². The lowest BCUT2D eigenvalue weighted by Crippen LogP contribution is -2.35. The molecule has 0 spiro atoms. The van der Waals surface area contributed by atoms with Gasteiger partial charge < -0.3 is 15.0 Å². The number of carbonyl (C=O) groups is 2. The first-order chi connectivity index (χ1) is 10.6. The molecule has 2 atom stereocenters. The quantitative estimate of drug-likeness (QED) is 0.930. The normalized spacial score (nSPS) is 24.1. The van der Waals surface area contributed by atoms with Crippen molar-refractivity contribution in [2.75, 3.05) is 23.9 Å². The van der Waals surface area contributed by atoms with E-state index in [1.807, 2.05) is 18.2 Å². The number of hydrogen-bond acceptors (Lipinski definition) is 3. The molecule has 1 N–H and O–H groups in total. The van der Waals surface area contributed by atoms with Crippen LogP contribution >= 0.6 is 0 Å². The Labute approximate surface area is 130 Å². The van der Waals surface area contributed by atoms with Crippen molar-refractivity contribution in [3.05, 3.63) is 18.2 Å². The maximum Gasteiger partial charge on any atom is 0.227 e. The molecule has 1 aliphatic carbocycles. The van der Waals surface area contributed by atoms with E-state index in [0.717, 1.165) is 30.6 Å². The molecule has 2 fully saturated rings. The summed E-state index contributed by atoms with van der Waals surface area (Å²) in [4.78, 5) is 26.0. The molecular weight excluding hydrogens is 280 g/mol. The summed E-state index contributed by atoms with van der Waals surface area (Å²) in [5.74, 6) is 1.44. The number of ether oxygens (including phenoxy) is 1. The molecule has 1 saturated heterocycles. The van der Waals surface area contributed by atoms with Crippen molar-refractivity contribution in [3.8, 4) is 5.75 Å². The largest absolute Gasteiger partial charge is 0.495 e. The molecule has 5 nitrogen and oxygen atoms in total. The third kappa shape index (κ3) is 2.93. The first-order valence-electron chi connectivity index (χ1n) is 7.89. The molecule has 2 aliphatic rings. The standard InChI is InChI=1S/C17H22N2O3/c1-11-9-13(11)17(21)18-12-6-7-15(22-2)14(10-12)19-8-4-3-5-16(19)20/h6-7,10-11,13H,3-5,8-9H2,1-2H3,(H,18,21)/t11-,13-/m0/s1. The second-order valence-corrected chi connectivity index (χ2v) is 6.20. The molecule has 22 heavy (non-hydrogen) atoms. The third-order valence-corrected chi connectivity index (χ3v) is 4.51. The van der Waals surface area contributed by atoms with Gasteiger partial charge in [0.05, 0.1) is 12.8 Å². The molecule has 0 bridgehead atoms. The van der Waals surface area contributed by atoms with E-state index in [2.05, 4.69) is 12.2 Å². The fourth-order valence-corrected chi connectivity index (χ4v) is 2.96. The van der Waals surface area contributed by atoms with Gasteiger partial charge in [-0.25, -0.2) is 0 Å². The lowest BCUT2D eigenvalue weighted by Gasteiger charge is -2.28. The second kappa shape index (κ2) is 5.99. The van der Waals surface area contributed by atoms with Crippen molar-refractivity contribution in [2.24, 2.45) is 11.8 Å². The zero-order valence-electron chi connectivity index (χ0n) is 13.1. The minimum absolute atomic E-state index is 0.0635. The van der Waals surface area contributed by atoms with Gasteiger partial charge >= 0.3 is 0 Å². The number of carbonyl (C=O) groups excluding carboxylic acids is 2. The number of nitrogens with zero attached hydrogens (tertiary/aromatic N) is 1. The van der Waals surface area contributed by atoms with Crippen LogP contribution in [0.15, 0.2) is 18.2 Å². The van der Waals surface area contributed by atoms with Gasteiger partial charge in [-0.15, -0.1) is 0 Å². The Morgan fingerprint density at radius 3 is 2.77 bits per heavy atom. The lowest BCUT2D eigenvalue weighted by molar-refractivity contribution is -0.119. The van der Waals surface area contributed by atoms with Crippen molar-refractivity contribution < 1.29 is 14.3 Å². The minimum atomic E-state index is 0.0635. The molecule has 3 rings (SSSR count). The Hall–Kier alpha value is -2.04. The summed E-state index contributed by atoms with van der Waals surface area (Å²) >= 11 is 0. The van der Waals surface area contributed by atoms with E-state index in [4.69, 9.17) is 4.74 Å². The van der Waals surface area contributed by atoms with Gasteiger partial charge in [0.2, 0.25) is 11.8 Å². The molecule has 0 unspecified atom stereocenters. The predicted molar refractivity (Wildman–Crippen MR) is 85.1 cm³/mol. The monoisotopic (exact) mass is 302 g/mol. The van der Waals surface area contributed by atoms with Gasteiger partial charge in [-0.3, -0.25) is 9.59 Å². The van der Waals surface area contributed by atoms with Crippen molar-refractivity contribution in [1.29, 1.82) is 0 Å². The Bertz CT molecular complexity index is 600. The number of nitrogens with one attached hydrogen (secondary N) is 1. The molecule has 1 aromatic rings. The highest BCUT2D eigenvalue weighted by Crippen LogP contribution is 2.39. The van der Waals surface area contributed by atoms with E-state index in [0.29, 0.717) is 24.6 Å². The summed E-state index contributed by atoms with van der Waals surface area (Å²) < 4.78 is 5.38. The smallest absolute Gasteiger partial charge is 0.227 e. The topological polar surface area (TPSA) is 58.6 Å². The summed E-state index contributed by atoms with van der Waals surface area (Å²) in [5.41, 5.74) is 1.46. The van der Waals surface area contributed by atoms with Crippen molar-refractivity contribution in [2.45, 2.75) is 32.6 Å². The Kier molecular flexibility index (Phi) is 4.05. The van der Waals surface area contributed by atoms with Crippen LogP contribution < -0.4 is 15.0 Å². The number of benzene rings is 1. The van der Waals surface area contributed by atoms with Gasteiger partial charge in [0.1, 0.15) is 5.75 Å². The molecule has 1 aromatic carbocycles. The minimum Gasteiger partial charge on any atom is -0.495 e. The summed E-state index contributed by atoms with van der Waals surface area (Å²) in [6, 6.07) is 5.47. The van der Waals surface area contributed by atoms with Crippen LogP contribution in [0, 0.1) is 11.8 Å². The van der Waals surface area contributed by atoms with Gasteiger partial charge in [0, 0.05) is 24.6 Å². The molecule has 2 amide bonds. The molecule has 5 heteroatoms. The average Bonchev–Trinajstić information content (AvgIpc) is 3.25. The van der Waals surface area contributed by atoms with Gasteiger partial charge in [-0.05, 0) is 43.4 Å². The van der Waals surface area contributed by atoms with Crippen LogP contribution in [0.1, 0.15) is 32.6 Å². The lowest BCUT2D eigenvalue weighted by atomic mass is 10.1. The maximum absolute atomic E-state index is 12.1. The van der Waals surface area contributed by atoms with E-state index in [-0.39, 0.29) is 17.7 Å². The van der Waals surface area contributed by atoms with Crippen LogP contribution in [0.2, 0.25) is 0 Å². The number of methoxy groups -OCH3 is 1. The molecule has 1 aliphatic heterocycles. The zero-order chi connectivity index (χ0) is 15.7. The Balaban J connectivity index is 1.82. The van der Waals surface area contributed by atoms with E-state index in [1.165, 1.54) is 0 Å². The van der Waals surface area contributed by atoms with Gasteiger partial charge in [0.25, 0.3) is 0 Å². The van der Waals surface area contributed by atoms with Gasteiger partial charge in [0.15, 0.2) is 0 Å². The van der Waals surface area contributed by atoms with Crippen LogP contribution in [0.3, 0.4) is 0 Å². The molecule has 0 radical (unpaired) electrons. The highest BCUT2D eigenvalue weighted by atomic mass is 16.5. The molecular formula is C17H22N2O3. The average molecular weight is 302 g/mol. The number of rotatable bonds is 4. The molecule has 1 heterocycles. The number of amides is 2. The zero-order valence-corrected chi connectivity index (χ0v) is 13.1. The van der Waals surface area contributed by atoms with E-state index in [1.54, 1.807) is 12.0 Å². The first-order valence-corrected chi connectivity index (χ1v) is 7.89. The van der Waals surface area contributed by atoms with Crippen molar-refractivity contribution in [1.82, 2.24) is 0 Å². The summed E-state index contributed by atoms with van der Waals surface area (Å²) in [6.45, 7) is 2.78. The highest BCUT2D eigenvalue weighted by molar-refractivity contribution is 5.98. The number of hydrogen-bond donors (Lipinski definition) is 1. The van der Waals surface area contributed by atoms with Crippen LogP contribution in [-0.4, -0.2) is 25.5 Å². The summed E-state index contributed by atoms with van der Waals surface area (Å²) in [5, 5.41) is 2.95. The SMILES string of the molecule is COc1ccc(NC(=O)[C@H]2C[C@@H]2C)cc1N1CCCCC1=O. The Morgan fingerprint density at radius 1 is 1.36 bits per heavy atom. The van der Waals surface area contributed by atoms with E-state index >= 15 is 0 Å². The molecule has 1 saturated carbocycles. The van der Waals surface area contributed by atoms with Crippen LogP contribution in [-0.2, 0) is 9.59 Å². The van der Waals surface area contributed by atoms with Crippen LogP contribution in [0.25, 0.3) is 0 Å². The van der Waals surface area contributed by atoms with Crippen LogP contribution in [0.4, 0.5) is 11.4 Å². The number of anilines is 2. The number of piperidine rings is 1.